The molecule has 0 aliphatic heterocycles. The third kappa shape index (κ3) is 5.03. The molecule has 0 aliphatic carbocycles. The van der Waals surface area contributed by atoms with Crippen molar-refractivity contribution in [2.45, 2.75) is 19.4 Å². The normalized spacial score (nSPS) is 11.1. The number of aliphatic hydroxyl groups is 1. The number of benzene rings is 2. The summed E-state index contributed by atoms with van der Waals surface area (Å²) in [4.78, 5) is 28.8. The lowest BCUT2D eigenvalue weighted by atomic mass is 9.96. The second kappa shape index (κ2) is 8.33. The molecule has 28 heavy (non-hydrogen) atoms. The van der Waals surface area contributed by atoms with Crippen LogP contribution >= 0.6 is 11.3 Å². The Kier molecular flexibility index (Phi) is 5.87. The minimum absolute atomic E-state index is 0.175. The van der Waals surface area contributed by atoms with Crippen LogP contribution < -0.4 is 10.6 Å². The molecule has 0 unspecified atom stereocenters. The Bertz CT molecular complexity index is 978. The topological polar surface area (TPSA) is 91.3 Å². The van der Waals surface area contributed by atoms with Gasteiger partial charge in [0.1, 0.15) is 0 Å². The predicted octanol–water partition coefficient (Wildman–Crippen LogP) is 3.41. The molecule has 144 valence electrons. The van der Waals surface area contributed by atoms with Gasteiger partial charge < -0.3 is 15.7 Å². The maximum absolute atomic E-state index is 12.3. The Morgan fingerprint density at radius 2 is 1.86 bits per heavy atom. The van der Waals surface area contributed by atoms with Gasteiger partial charge in [-0.15, -0.1) is 11.3 Å². The van der Waals surface area contributed by atoms with Crippen LogP contribution in [0.15, 0.2) is 60.0 Å². The highest BCUT2D eigenvalue weighted by atomic mass is 32.1. The van der Waals surface area contributed by atoms with Crippen molar-refractivity contribution in [1.29, 1.82) is 0 Å². The van der Waals surface area contributed by atoms with Crippen molar-refractivity contribution in [1.82, 2.24) is 10.3 Å². The van der Waals surface area contributed by atoms with E-state index in [1.165, 1.54) is 11.3 Å². The third-order valence-electron chi connectivity index (χ3n) is 4.06. The smallest absolute Gasteiger partial charge is 0.251 e. The van der Waals surface area contributed by atoms with Crippen LogP contribution in [-0.4, -0.2) is 28.4 Å². The lowest BCUT2D eigenvalue weighted by Gasteiger charge is -2.18. The molecule has 2 aromatic carbocycles. The minimum atomic E-state index is -1.05. The van der Waals surface area contributed by atoms with Gasteiger partial charge in [-0.25, -0.2) is 4.98 Å². The molecule has 1 aromatic heterocycles. The lowest BCUT2D eigenvalue weighted by molar-refractivity contribution is -0.115. The van der Waals surface area contributed by atoms with Gasteiger partial charge in [0.2, 0.25) is 5.91 Å². The quantitative estimate of drug-likeness (QED) is 0.596. The number of hydrogen-bond acceptors (Lipinski definition) is 5. The van der Waals surface area contributed by atoms with Gasteiger partial charge in [0, 0.05) is 16.5 Å². The molecule has 0 bridgehead atoms. The molecule has 0 saturated heterocycles. The first kappa shape index (κ1) is 19.7. The van der Waals surface area contributed by atoms with Crippen LogP contribution in [0.3, 0.4) is 0 Å². The summed E-state index contributed by atoms with van der Waals surface area (Å²) in [5, 5.41) is 17.7. The standard InChI is InChI=1S/C21H21N3O3S/c1-21(2,27)16-10-6-9-15(11-16)19(26)22-12-18(25)24-20-23-17(13-28-20)14-7-4-3-5-8-14/h3-11,13,27H,12H2,1-2H3,(H,22,26)(H,23,24,25). The number of nitrogens with one attached hydrogen (secondary N) is 2. The van der Waals surface area contributed by atoms with Gasteiger partial charge in [-0.3, -0.25) is 9.59 Å². The minimum Gasteiger partial charge on any atom is -0.386 e. The summed E-state index contributed by atoms with van der Waals surface area (Å²) >= 11 is 1.32. The maximum atomic E-state index is 12.3. The van der Waals surface area contributed by atoms with E-state index in [9.17, 15) is 14.7 Å². The molecule has 0 spiro atoms. The molecule has 7 heteroatoms. The van der Waals surface area contributed by atoms with Crippen molar-refractivity contribution in [3.8, 4) is 11.3 Å². The summed E-state index contributed by atoms with van der Waals surface area (Å²) < 4.78 is 0. The van der Waals surface area contributed by atoms with E-state index in [0.29, 0.717) is 16.3 Å². The maximum Gasteiger partial charge on any atom is 0.251 e. The second-order valence-corrected chi connectivity index (χ2v) is 7.63. The van der Waals surface area contributed by atoms with E-state index in [1.807, 2.05) is 35.7 Å². The molecule has 1 heterocycles. The number of carbonyl (C=O) groups excluding carboxylic acids is 2. The molecule has 0 atom stereocenters. The van der Waals surface area contributed by atoms with Gasteiger partial charge in [-0.05, 0) is 31.5 Å². The predicted molar refractivity (Wildman–Crippen MR) is 110 cm³/mol. The van der Waals surface area contributed by atoms with Gasteiger partial charge in [-0.2, -0.15) is 0 Å². The fourth-order valence-electron chi connectivity index (χ4n) is 2.54. The Hall–Kier alpha value is -3.03. The fourth-order valence-corrected chi connectivity index (χ4v) is 3.28. The van der Waals surface area contributed by atoms with Crippen LogP contribution in [0.4, 0.5) is 5.13 Å². The molecule has 0 aliphatic rings. The molecule has 3 N–H and O–H groups in total. The van der Waals surface area contributed by atoms with E-state index >= 15 is 0 Å². The molecule has 0 fully saturated rings. The third-order valence-corrected chi connectivity index (χ3v) is 4.82. The summed E-state index contributed by atoms with van der Waals surface area (Å²) in [7, 11) is 0. The van der Waals surface area contributed by atoms with Gasteiger partial charge in [0.15, 0.2) is 5.13 Å². The summed E-state index contributed by atoms with van der Waals surface area (Å²) in [6, 6.07) is 16.4. The van der Waals surface area contributed by atoms with E-state index in [2.05, 4.69) is 15.6 Å². The van der Waals surface area contributed by atoms with Gasteiger partial charge >= 0.3 is 0 Å². The molecule has 0 saturated carbocycles. The van der Waals surface area contributed by atoms with Crippen molar-refractivity contribution in [3.63, 3.8) is 0 Å². The Morgan fingerprint density at radius 3 is 2.57 bits per heavy atom. The number of anilines is 1. The molecule has 3 aromatic rings. The van der Waals surface area contributed by atoms with Crippen LogP contribution in [-0.2, 0) is 10.4 Å². The average Bonchev–Trinajstić information content (AvgIpc) is 3.14. The van der Waals surface area contributed by atoms with Crippen LogP contribution in [0, 0.1) is 0 Å². The zero-order chi connectivity index (χ0) is 20.1. The molecule has 3 rings (SSSR count). The number of rotatable bonds is 6. The van der Waals surface area contributed by atoms with E-state index < -0.39 is 5.60 Å². The van der Waals surface area contributed by atoms with Crippen molar-refractivity contribution >= 4 is 28.3 Å². The van der Waals surface area contributed by atoms with E-state index in [4.69, 9.17) is 0 Å². The highest BCUT2D eigenvalue weighted by Crippen LogP contribution is 2.24. The average molecular weight is 395 g/mol. The van der Waals surface area contributed by atoms with Gasteiger partial charge in [0.05, 0.1) is 17.8 Å². The Balaban J connectivity index is 1.56. The number of aromatic nitrogens is 1. The number of nitrogens with zero attached hydrogens (tertiary/aromatic N) is 1. The van der Waals surface area contributed by atoms with Gasteiger partial charge in [-0.1, -0.05) is 42.5 Å². The summed E-state index contributed by atoms with van der Waals surface area (Å²) in [6.07, 6.45) is 0. The van der Waals surface area contributed by atoms with E-state index in [-0.39, 0.29) is 18.4 Å². The summed E-state index contributed by atoms with van der Waals surface area (Å²) in [5.41, 5.74) is 1.72. The van der Waals surface area contributed by atoms with Crippen LogP contribution in [0.25, 0.3) is 11.3 Å². The van der Waals surface area contributed by atoms with E-state index in [0.717, 1.165) is 11.3 Å². The first-order chi connectivity index (χ1) is 13.3. The molecular weight excluding hydrogens is 374 g/mol. The largest absolute Gasteiger partial charge is 0.386 e. The van der Waals surface area contributed by atoms with Crippen LogP contribution in [0.5, 0.6) is 0 Å². The first-order valence-electron chi connectivity index (χ1n) is 8.75. The lowest BCUT2D eigenvalue weighted by Crippen LogP contribution is -2.33. The number of carbonyl (C=O) groups is 2. The number of hydrogen-bond donors (Lipinski definition) is 3. The van der Waals surface area contributed by atoms with Gasteiger partial charge in [0.25, 0.3) is 5.91 Å². The summed E-state index contributed by atoms with van der Waals surface area (Å²) in [5.74, 6) is -0.744. The second-order valence-electron chi connectivity index (χ2n) is 6.77. The zero-order valence-electron chi connectivity index (χ0n) is 15.6. The molecule has 2 amide bonds. The van der Waals surface area contributed by atoms with Crippen molar-refractivity contribution in [2.24, 2.45) is 0 Å². The van der Waals surface area contributed by atoms with Crippen LogP contribution in [0.2, 0.25) is 0 Å². The Labute approximate surface area is 167 Å². The number of thiazole rings is 1. The fraction of sp³-hybridized carbons (Fsp3) is 0.190. The summed E-state index contributed by atoms with van der Waals surface area (Å²) in [6.45, 7) is 3.12. The van der Waals surface area contributed by atoms with Crippen molar-refractivity contribution in [3.05, 3.63) is 71.1 Å². The monoisotopic (exact) mass is 395 g/mol. The van der Waals surface area contributed by atoms with E-state index in [1.54, 1.807) is 38.1 Å². The highest BCUT2D eigenvalue weighted by molar-refractivity contribution is 7.14. The van der Waals surface area contributed by atoms with Crippen molar-refractivity contribution in [2.75, 3.05) is 11.9 Å². The Morgan fingerprint density at radius 1 is 1.11 bits per heavy atom. The number of amides is 2. The molecule has 0 radical (unpaired) electrons. The first-order valence-corrected chi connectivity index (χ1v) is 9.63. The SMILES string of the molecule is CC(C)(O)c1cccc(C(=O)NCC(=O)Nc2nc(-c3ccccc3)cs2)c1. The zero-order valence-corrected chi connectivity index (χ0v) is 16.4. The van der Waals surface area contributed by atoms with Crippen LogP contribution in [0.1, 0.15) is 29.8 Å². The molecule has 6 nitrogen and oxygen atoms in total. The molecular formula is C21H21N3O3S. The highest BCUT2D eigenvalue weighted by Gasteiger charge is 2.18. The van der Waals surface area contributed by atoms with Crippen molar-refractivity contribution < 1.29 is 14.7 Å².